The molecular formula is C23H23N3O. The topological polar surface area (TPSA) is 59.2 Å². The van der Waals surface area contributed by atoms with Crippen molar-refractivity contribution >= 4 is 11.6 Å². The van der Waals surface area contributed by atoms with Gasteiger partial charge in [-0.2, -0.15) is 0 Å². The minimum absolute atomic E-state index is 0.00327. The van der Waals surface area contributed by atoms with Crippen molar-refractivity contribution in [3.63, 3.8) is 0 Å². The molecule has 1 aliphatic rings. The Balaban J connectivity index is 1.56. The zero-order chi connectivity index (χ0) is 18.6. The molecule has 3 aromatic rings. The number of nitrogens with two attached hydrogens (primary N) is 1. The SMILES string of the molecule is N[C@H](Cc1ccccc1)C(=O)N1CCCc2cc(-c3ccncc3)ccc21. The van der Waals surface area contributed by atoms with Gasteiger partial charge in [0.2, 0.25) is 5.91 Å². The van der Waals surface area contributed by atoms with E-state index in [0.717, 1.165) is 41.8 Å². The van der Waals surface area contributed by atoms with E-state index in [1.54, 1.807) is 12.4 Å². The van der Waals surface area contributed by atoms with E-state index < -0.39 is 6.04 Å². The number of pyridine rings is 1. The van der Waals surface area contributed by atoms with E-state index in [4.69, 9.17) is 5.73 Å². The van der Waals surface area contributed by atoms with Crippen molar-refractivity contribution in [3.8, 4) is 11.1 Å². The summed E-state index contributed by atoms with van der Waals surface area (Å²) in [5, 5.41) is 0. The molecule has 0 bridgehead atoms. The molecule has 0 fully saturated rings. The van der Waals surface area contributed by atoms with Crippen molar-refractivity contribution in [2.45, 2.75) is 25.3 Å². The second-order valence-corrected chi connectivity index (χ2v) is 6.97. The normalized spacial score (nSPS) is 14.5. The number of hydrogen-bond acceptors (Lipinski definition) is 3. The fraction of sp³-hybridized carbons (Fsp3) is 0.217. The number of anilines is 1. The van der Waals surface area contributed by atoms with Gasteiger partial charge in [0.05, 0.1) is 6.04 Å². The van der Waals surface area contributed by atoms with Crippen LogP contribution in [0.5, 0.6) is 0 Å². The van der Waals surface area contributed by atoms with Crippen LogP contribution in [-0.2, 0) is 17.6 Å². The van der Waals surface area contributed by atoms with Gasteiger partial charge in [-0.05, 0) is 65.8 Å². The Morgan fingerprint density at radius 1 is 1.04 bits per heavy atom. The van der Waals surface area contributed by atoms with Gasteiger partial charge >= 0.3 is 0 Å². The summed E-state index contributed by atoms with van der Waals surface area (Å²) in [5.41, 5.74) is 11.8. The highest BCUT2D eigenvalue weighted by molar-refractivity contribution is 5.98. The molecule has 1 aromatic heterocycles. The Labute approximate surface area is 159 Å². The van der Waals surface area contributed by atoms with Crippen LogP contribution in [0.4, 0.5) is 5.69 Å². The first-order chi connectivity index (χ1) is 13.2. The number of aromatic nitrogens is 1. The van der Waals surface area contributed by atoms with Crippen molar-refractivity contribution in [1.82, 2.24) is 4.98 Å². The molecule has 4 nitrogen and oxygen atoms in total. The lowest BCUT2D eigenvalue weighted by Crippen LogP contribution is -2.47. The maximum absolute atomic E-state index is 13.0. The van der Waals surface area contributed by atoms with Gasteiger partial charge < -0.3 is 10.6 Å². The number of aryl methyl sites for hydroxylation is 1. The lowest BCUT2D eigenvalue weighted by Gasteiger charge is -2.32. The Kier molecular flexibility index (Phi) is 4.99. The molecule has 0 aliphatic carbocycles. The molecule has 1 atom stereocenters. The number of carbonyl (C=O) groups excluding carboxylic acids is 1. The highest BCUT2D eigenvalue weighted by Gasteiger charge is 2.27. The fourth-order valence-corrected chi connectivity index (χ4v) is 3.71. The molecule has 0 saturated heterocycles. The Morgan fingerprint density at radius 3 is 2.59 bits per heavy atom. The first-order valence-corrected chi connectivity index (χ1v) is 9.36. The smallest absolute Gasteiger partial charge is 0.244 e. The molecule has 27 heavy (non-hydrogen) atoms. The average Bonchev–Trinajstić information content (AvgIpc) is 2.73. The van der Waals surface area contributed by atoms with Gasteiger partial charge in [0.25, 0.3) is 0 Å². The molecule has 2 N–H and O–H groups in total. The van der Waals surface area contributed by atoms with E-state index in [9.17, 15) is 4.79 Å². The van der Waals surface area contributed by atoms with Crippen LogP contribution in [0.3, 0.4) is 0 Å². The van der Waals surface area contributed by atoms with Crippen LogP contribution < -0.4 is 10.6 Å². The lowest BCUT2D eigenvalue weighted by molar-refractivity contribution is -0.119. The van der Waals surface area contributed by atoms with Crippen LogP contribution in [0.15, 0.2) is 73.1 Å². The summed E-state index contributed by atoms with van der Waals surface area (Å²) in [6, 6.07) is 19.7. The van der Waals surface area contributed by atoms with E-state index in [1.165, 1.54) is 5.56 Å². The second kappa shape index (κ2) is 7.72. The predicted molar refractivity (Wildman–Crippen MR) is 108 cm³/mol. The van der Waals surface area contributed by atoms with Crippen molar-refractivity contribution < 1.29 is 4.79 Å². The van der Waals surface area contributed by atoms with Gasteiger partial charge in [0.15, 0.2) is 0 Å². The fourth-order valence-electron chi connectivity index (χ4n) is 3.71. The third-order valence-electron chi connectivity index (χ3n) is 5.09. The van der Waals surface area contributed by atoms with Crippen molar-refractivity contribution in [2.24, 2.45) is 5.73 Å². The Bertz CT molecular complexity index is 925. The number of hydrogen-bond donors (Lipinski definition) is 1. The van der Waals surface area contributed by atoms with Crippen LogP contribution in [0.1, 0.15) is 17.5 Å². The van der Waals surface area contributed by atoms with Crippen LogP contribution in [0, 0.1) is 0 Å². The molecule has 2 heterocycles. The van der Waals surface area contributed by atoms with Crippen LogP contribution in [-0.4, -0.2) is 23.5 Å². The zero-order valence-electron chi connectivity index (χ0n) is 15.2. The van der Waals surface area contributed by atoms with Crippen molar-refractivity contribution in [2.75, 3.05) is 11.4 Å². The highest BCUT2D eigenvalue weighted by Crippen LogP contribution is 2.32. The molecule has 136 valence electrons. The number of benzene rings is 2. The Hall–Kier alpha value is -2.98. The molecule has 4 rings (SSSR count). The average molecular weight is 357 g/mol. The molecule has 1 amide bonds. The molecule has 4 heteroatoms. The number of rotatable bonds is 4. The Morgan fingerprint density at radius 2 is 1.81 bits per heavy atom. The maximum Gasteiger partial charge on any atom is 0.244 e. The van der Waals surface area contributed by atoms with Crippen molar-refractivity contribution in [3.05, 3.63) is 84.2 Å². The van der Waals surface area contributed by atoms with Gasteiger partial charge in [0, 0.05) is 24.6 Å². The highest BCUT2D eigenvalue weighted by atomic mass is 16.2. The van der Waals surface area contributed by atoms with Gasteiger partial charge in [-0.25, -0.2) is 0 Å². The van der Waals surface area contributed by atoms with Crippen molar-refractivity contribution in [1.29, 1.82) is 0 Å². The molecule has 0 radical (unpaired) electrons. The van der Waals surface area contributed by atoms with Gasteiger partial charge in [0.1, 0.15) is 0 Å². The van der Waals surface area contributed by atoms with Crippen LogP contribution >= 0.6 is 0 Å². The standard InChI is InChI=1S/C23H23N3O/c24-21(15-17-5-2-1-3-6-17)23(27)26-14-4-7-20-16-19(8-9-22(20)26)18-10-12-25-13-11-18/h1-3,5-6,8-13,16,21H,4,7,14-15,24H2/t21-/m1/s1. The van der Waals surface area contributed by atoms with E-state index >= 15 is 0 Å². The molecule has 0 unspecified atom stereocenters. The first kappa shape index (κ1) is 17.4. The number of carbonyl (C=O) groups is 1. The predicted octanol–water partition coefficient (Wildman–Crippen LogP) is 3.60. The monoisotopic (exact) mass is 357 g/mol. The summed E-state index contributed by atoms with van der Waals surface area (Å²) in [6.07, 6.45) is 6.09. The van der Waals surface area contributed by atoms with E-state index in [0.29, 0.717) is 6.42 Å². The van der Waals surface area contributed by atoms with E-state index in [-0.39, 0.29) is 5.91 Å². The van der Waals surface area contributed by atoms with E-state index in [2.05, 4.69) is 23.2 Å². The molecule has 0 spiro atoms. The molecule has 0 saturated carbocycles. The summed E-state index contributed by atoms with van der Waals surface area (Å²) in [5.74, 6) is -0.00327. The third kappa shape index (κ3) is 3.76. The van der Waals surface area contributed by atoms with Gasteiger partial charge in [-0.15, -0.1) is 0 Å². The lowest BCUT2D eigenvalue weighted by atomic mass is 9.95. The number of fused-ring (bicyclic) bond motifs is 1. The van der Waals surface area contributed by atoms with Crippen LogP contribution in [0.2, 0.25) is 0 Å². The van der Waals surface area contributed by atoms with E-state index in [1.807, 2.05) is 47.4 Å². The molecule has 1 aliphatic heterocycles. The van der Waals surface area contributed by atoms with Gasteiger partial charge in [-0.1, -0.05) is 36.4 Å². The largest absolute Gasteiger partial charge is 0.320 e. The quantitative estimate of drug-likeness (QED) is 0.776. The summed E-state index contributed by atoms with van der Waals surface area (Å²) < 4.78 is 0. The summed E-state index contributed by atoms with van der Waals surface area (Å²) >= 11 is 0. The van der Waals surface area contributed by atoms with Crippen LogP contribution in [0.25, 0.3) is 11.1 Å². The first-order valence-electron chi connectivity index (χ1n) is 9.36. The molecular weight excluding hydrogens is 334 g/mol. The summed E-state index contributed by atoms with van der Waals surface area (Å²) in [4.78, 5) is 19.0. The summed E-state index contributed by atoms with van der Waals surface area (Å²) in [7, 11) is 0. The number of nitrogens with zero attached hydrogens (tertiary/aromatic N) is 2. The maximum atomic E-state index is 13.0. The third-order valence-corrected chi connectivity index (χ3v) is 5.09. The minimum atomic E-state index is -0.529. The van der Waals surface area contributed by atoms with Gasteiger partial charge in [-0.3, -0.25) is 9.78 Å². The second-order valence-electron chi connectivity index (χ2n) is 6.97. The molecule has 2 aromatic carbocycles. The minimum Gasteiger partial charge on any atom is -0.320 e. The summed E-state index contributed by atoms with van der Waals surface area (Å²) in [6.45, 7) is 0.725. The zero-order valence-corrected chi connectivity index (χ0v) is 15.2. The number of amides is 1.